The van der Waals surface area contributed by atoms with Crippen molar-refractivity contribution in [2.24, 2.45) is 0 Å². The number of rotatable bonds is 4. The second-order valence-electron chi connectivity index (χ2n) is 6.70. The number of pyridine rings is 1. The summed E-state index contributed by atoms with van der Waals surface area (Å²) >= 11 is 0. The molecule has 0 radical (unpaired) electrons. The molecule has 0 spiro atoms. The second-order valence-corrected chi connectivity index (χ2v) is 6.70. The van der Waals surface area contributed by atoms with Gasteiger partial charge < -0.3 is 5.11 Å². The van der Waals surface area contributed by atoms with Crippen LogP contribution in [0.25, 0.3) is 0 Å². The zero-order valence-corrected chi connectivity index (χ0v) is 14.1. The maximum Gasteiger partial charge on any atom is 0.0699 e. The van der Waals surface area contributed by atoms with Crippen molar-refractivity contribution < 1.29 is 5.11 Å². The summed E-state index contributed by atoms with van der Waals surface area (Å²) in [6.45, 7) is 6.07. The van der Waals surface area contributed by atoms with Gasteiger partial charge in [0.1, 0.15) is 0 Å². The molecule has 1 N–H and O–H groups in total. The van der Waals surface area contributed by atoms with E-state index >= 15 is 0 Å². The molecular formula is C20H26N2O. The van der Waals surface area contributed by atoms with Crippen LogP contribution in [0.2, 0.25) is 0 Å². The Morgan fingerprint density at radius 2 is 1.96 bits per heavy atom. The highest BCUT2D eigenvalue weighted by molar-refractivity contribution is 5.23. The number of hydrogen-bond acceptors (Lipinski definition) is 3. The van der Waals surface area contributed by atoms with E-state index in [1.807, 2.05) is 12.3 Å². The zero-order chi connectivity index (χ0) is 16.2. The summed E-state index contributed by atoms with van der Waals surface area (Å²) in [5, 5.41) is 10.5. The fourth-order valence-corrected chi connectivity index (χ4v) is 3.41. The van der Waals surface area contributed by atoms with Gasteiger partial charge in [-0.15, -0.1) is 0 Å². The molecule has 1 aromatic heterocycles. The van der Waals surface area contributed by atoms with Gasteiger partial charge in [0.05, 0.1) is 11.8 Å². The largest absolute Gasteiger partial charge is 0.391 e. The quantitative estimate of drug-likeness (QED) is 0.941. The third-order valence-corrected chi connectivity index (χ3v) is 4.89. The zero-order valence-electron chi connectivity index (χ0n) is 14.1. The molecule has 0 saturated carbocycles. The predicted octanol–water partition coefficient (Wildman–Crippen LogP) is 3.27. The number of piperidine rings is 1. The molecule has 2 aromatic rings. The molecule has 1 saturated heterocycles. The van der Waals surface area contributed by atoms with Gasteiger partial charge in [0.2, 0.25) is 0 Å². The SMILES string of the molecule is Cc1ccc(C[C@H]2[C@@H](O)CCCN2Cc2ncccc2C)cc1. The molecule has 1 aliphatic heterocycles. The summed E-state index contributed by atoms with van der Waals surface area (Å²) < 4.78 is 0. The highest BCUT2D eigenvalue weighted by atomic mass is 16.3. The van der Waals surface area contributed by atoms with Gasteiger partial charge in [-0.1, -0.05) is 35.9 Å². The number of hydrogen-bond donors (Lipinski definition) is 1. The third-order valence-electron chi connectivity index (χ3n) is 4.89. The van der Waals surface area contributed by atoms with E-state index in [1.54, 1.807) is 0 Å². The van der Waals surface area contributed by atoms with Gasteiger partial charge in [0, 0.05) is 18.8 Å². The highest BCUT2D eigenvalue weighted by Gasteiger charge is 2.30. The van der Waals surface area contributed by atoms with Gasteiger partial charge in [-0.3, -0.25) is 9.88 Å². The molecule has 1 aromatic carbocycles. The maximum absolute atomic E-state index is 10.5. The van der Waals surface area contributed by atoms with Crippen molar-refractivity contribution in [3.63, 3.8) is 0 Å². The van der Waals surface area contributed by atoms with Gasteiger partial charge in [-0.25, -0.2) is 0 Å². The fourth-order valence-electron chi connectivity index (χ4n) is 3.41. The van der Waals surface area contributed by atoms with E-state index in [1.165, 1.54) is 16.7 Å². The summed E-state index contributed by atoms with van der Waals surface area (Å²) in [7, 11) is 0. The molecule has 1 aliphatic rings. The van der Waals surface area contributed by atoms with Gasteiger partial charge in [-0.05, 0) is 56.8 Å². The van der Waals surface area contributed by atoms with Gasteiger partial charge in [-0.2, -0.15) is 0 Å². The van der Waals surface area contributed by atoms with Crippen LogP contribution in [0, 0.1) is 13.8 Å². The first-order valence-electron chi connectivity index (χ1n) is 8.51. The average molecular weight is 310 g/mol. The molecule has 1 fully saturated rings. The first-order valence-corrected chi connectivity index (χ1v) is 8.51. The summed E-state index contributed by atoms with van der Waals surface area (Å²) in [4.78, 5) is 6.93. The Kier molecular flexibility index (Phi) is 5.09. The summed E-state index contributed by atoms with van der Waals surface area (Å²) in [6, 6.07) is 12.9. The third kappa shape index (κ3) is 3.98. The minimum Gasteiger partial charge on any atom is -0.391 e. The first-order chi connectivity index (χ1) is 11.1. The standard InChI is InChI=1S/C20H26N2O/c1-15-7-9-17(10-8-15)13-19-20(23)6-4-12-22(19)14-18-16(2)5-3-11-21-18/h3,5,7-11,19-20,23H,4,6,12-14H2,1-2H3/t19-,20-/m0/s1. The van der Waals surface area contributed by atoms with Gasteiger partial charge in [0.15, 0.2) is 0 Å². The van der Waals surface area contributed by atoms with Crippen molar-refractivity contribution in [1.82, 2.24) is 9.88 Å². The number of benzene rings is 1. The molecule has 23 heavy (non-hydrogen) atoms. The fraction of sp³-hybridized carbons (Fsp3) is 0.450. The molecule has 122 valence electrons. The van der Waals surface area contributed by atoms with Crippen LogP contribution in [0.15, 0.2) is 42.6 Å². The number of likely N-dealkylation sites (tertiary alicyclic amines) is 1. The number of nitrogens with zero attached hydrogens (tertiary/aromatic N) is 2. The minimum absolute atomic E-state index is 0.174. The van der Waals surface area contributed by atoms with Crippen LogP contribution in [0.4, 0.5) is 0 Å². The van der Waals surface area contributed by atoms with E-state index in [9.17, 15) is 5.11 Å². The van der Waals surface area contributed by atoms with Gasteiger partial charge >= 0.3 is 0 Å². The lowest BCUT2D eigenvalue weighted by molar-refractivity contribution is 0.00605. The molecule has 2 heterocycles. The van der Waals surface area contributed by atoms with E-state index in [-0.39, 0.29) is 12.1 Å². The van der Waals surface area contributed by atoms with E-state index in [4.69, 9.17) is 0 Å². The lowest BCUT2D eigenvalue weighted by Gasteiger charge is -2.39. The van der Waals surface area contributed by atoms with Crippen molar-refractivity contribution in [3.05, 3.63) is 65.0 Å². The van der Waals surface area contributed by atoms with Gasteiger partial charge in [0.25, 0.3) is 0 Å². The van der Waals surface area contributed by atoms with Crippen molar-refractivity contribution in [1.29, 1.82) is 0 Å². The Balaban J connectivity index is 1.76. The Labute approximate surface area is 139 Å². The van der Waals surface area contributed by atoms with Crippen molar-refractivity contribution in [2.45, 2.75) is 51.8 Å². The number of aromatic nitrogens is 1. The molecule has 0 aliphatic carbocycles. The lowest BCUT2D eigenvalue weighted by atomic mass is 9.92. The minimum atomic E-state index is -0.255. The topological polar surface area (TPSA) is 36.4 Å². The van der Waals surface area contributed by atoms with E-state index in [0.29, 0.717) is 0 Å². The summed E-state index contributed by atoms with van der Waals surface area (Å²) in [6.07, 6.45) is 4.45. The monoisotopic (exact) mass is 310 g/mol. The van der Waals surface area contributed by atoms with Crippen LogP contribution in [0.5, 0.6) is 0 Å². The smallest absolute Gasteiger partial charge is 0.0699 e. The van der Waals surface area contributed by atoms with Crippen molar-refractivity contribution in [2.75, 3.05) is 6.54 Å². The lowest BCUT2D eigenvalue weighted by Crippen LogP contribution is -2.49. The number of aliphatic hydroxyl groups excluding tert-OH is 1. The van der Waals surface area contributed by atoms with E-state index < -0.39 is 0 Å². The van der Waals surface area contributed by atoms with E-state index in [2.05, 4.69) is 54.1 Å². The first kappa shape index (κ1) is 16.2. The molecule has 3 heteroatoms. The Bertz CT molecular complexity index is 638. The molecule has 0 bridgehead atoms. The highest BCUT2D eigenvalue weighted by Crippen LogP contribution is 2.24. The molecular weight excluding hydrogens is 284 g/mol. The van der Waals surface area contributed by atoms with Crippen LogP contribution in [-0.2, 0) is 13.0 Å². The molecule has 2 atom stereocenters. The van der Waals surface area contributed by atoms with Crippen LogP contribution in [-0.4, -0.2) is 33.7 Å². The molecule has 3 nitrogen and oxygen atoms in total. The molecule has 0 amide bonds. The Morgan fingerprint density at radius 3 is 2.70 bits per heavy atom. The maximum atomic E-state index is 10.5. The molecule has 3 rings (SSSR count). The van der Waals surface area contributed by atoms with Crippen LogP contribution in [0.1, 0.15) is 35.2 Å². The van der Waals surface area contributed by atoms with Crippen LogP contribution in [0.3, 0.4) is 0 Å². The predicted molar refractivity (Wildman–Crippen MR) is 93.3 cm³/mol. The van der Waals surface area contributed by atoms with Crippen molar-refractivity contribution in [3.8, 4) is 0 Å². The number of aryl methyl sites for hydroxylation is 2. The van der Waals surface area contributed by atoms with Crippen LogP contribution >= 0.6 is 0 Å². The van der Waals surface area contributed by atoms with Crippen molar-refractivity contribution >= 4 is 0 Å². The Hall–Kier alpha value is -1.71. The Morgan fingerprint density at radius 1 is 1.17 bits per heavy atom. The molecule has 0 unspecified atom stereocenters. The number of aliphatic hydroxyl groups is 1. The summed E-state index contributed by atoms with van der Waals surface area (Å²) in [5.74, 6) is 0. The van der Waals surface area contributed by atoms with E-state index in [0.717, 1.165) is 38.0 Å². The average Bonchev–Trinajstić information content (AvgIpc) is 2.55. The summed E-state index contributed by atoms with van der Waals surface area (Å²) in [5.41, 5.74) is 4.92. The second kappa shape index (κ2) is 7.24. The van der Waals surface area contributed by atoms with Crippen LogP contribution < -0.4 is 0 Å². The normalized spacial score (nSPS) is 22.2.